The van der Waals surface area contributed by atoms with E-state index in [9.17, 15) is 223 Å². The Bertz CT molecular complexity index is 5480. The first-order chi connectivity index (χ1) is 52.7. The highest BCUT2D eigenvalue weighted by molar-refractivity contribution is 7.87. The first-order valence-corrected chi connectivity index (χ1v) is 151. The van der Waals surface area contributed by atoms with Crippen molar-refractivity contribution in [1.82, 2.24) is 0 Å². The van der Waals surface area contributed by atoms with Gasteiger partial charge in [-0.1, -0.05) is 43.9 Å². The highest BCUT2D eigenvalue weighted by Gasteiger charge is 2.62. The van der Waals surface area contributed by atoms with Gasteiger partial charge in [-0.2, -0.15) is 0 Å². The highest BCUT2D eigenvalue weighted by Crippen LogP contribution is 2.16. The van der Waals surface area contributed by atoms with Gasteiger partial charge in [0.05, 0.1) is 6.61 Å². The molecule has 1 rings (SSSR count). The lowest BCUT2D eigenvalue weighted by Gasteiger charge is -2.17. The third kappa shape index (κ3) is 29.5. The summed E-state index contributed by atoms with van der Waals surface area (Å²) in [4.78, 5) is 0. The van der Waals surface area contributed by atoms with Gasteiger partial charge in [0.1, 0.15) is 13.3 Å². The van der Waals surface area contributed by atoms with Crippen LogP contribution in [0.2, 0.25) is 19.1 Å². The lowest BCUT2D eigenvalue weighted by molar-refractivity contribution is 0.317. The molecule has 1 radical (unpaired) electrons. The third-order valence-corrected chi connectivity index (χ3v) is 411. The Morgan fingerprint density at radius 3 is 0.522 bits per heavy atom. The zero-order valence-electron chi connectivity index (χ0n) is 55.0. The average molecular weight is 2420 g/mol. The fourth-order valence-electron chi connectivity index (χ4n) is 6.72. The van der Waals surface area contributed by atoms with Crippen LogP contribution in [0.25, 0.3) is 6.08 Å². The number of hydrogen-bond donors (Lipinski definition) is 0. The number of rotatable bonds is 56. The van der Waals surface area contributed by atoms with Gasteiger partial charge in [-0.05, 0) is 24.1 Å². The van der Waals surface area contributed by atoms with Crippen LogP contribution in [0, 0.1) is 0 Å². The van der Waals surface area contributed by atoms with Gasteiger partial charge in [-0.3, -0.25) is 0 Å². The molecule has 0 unspecified atom stereocenters. The minimum atomic E-state index is -4.96. The smallest absolute Gasteiger partial charge is 0.381 e. The number of ether oxygens (including phenoxy) is 1. The molecule has 0 N–H and O–H groups in total. The summed E-state index contributed by atoms with van der Waals surface area (Å²) in [7, 11) is -235. The number of hydrogen-bond acceptors (Lipinski definition) is 51. The van der Waals surface area contributed by atoms with Crippen molar-refractivity contribution in [2.45, 2.75) is 25.6 Å². The third-order valence-electron chi connectivity index (χ3n) is 12.9. The Morgan fingerprint density at radius 1 is 0.243 bits per heavy atom. The van der Waals surface area contributed by atoms with Gasteiger partial charge in [0.2, 0.25) is 0 Å². The maximum Gasteiger partial charge on any atom is 0.381 e. The van der Waals surface area contributed by atoms with E-state index in [4.69, 9.17) is 4.74 Å². The van der Waals surface area contributed by atoms with Crippen LogP contribution in [0.1, 0.15) is 12.0 Å². The summed E-state index contributed by atoms with van der Waals surface area (Å²) in [6.07, 6.45) is 1.81. The highest BCUT2D eigenvalue weighted by atomic mass is 30.2. The van der Waals surface area contributed by atoms with Crippen LogP contribution >= 0.6 is 0 Å². The van der Waals surface area contributed by atoms with Crippen LogP contribution in [-0.4, -0.2) is 401 Å². The van der Waals surface area contributed by atoms with Crippen molar-refractivity contribution >= 4 is 401 Å². The van der Waals surface area contributed by atoms with Crippen LogP contribution in [0.3, 0.4) is 0 Å². The normalized spacial score (nSPS) is 10.1. The Hall–Kier alpha value is -0.179. The molecule has 0 saturated heterocycles. The quantitative estimate of drug-likeness (QED) is 0.0432. The first kappa shape index (κ1) is 113. The zero-order valence-corrected chi connectivity index (χ0v) is 106. The predicted molar refractivity (Wildman–Crippen MR) is 391 cm³/mol. The van der Waals surface area contributed by atoms with Crippen molar-refractivity contribution in [2.24, 2.45) is 0 Å². The predicted octanol–water partition coefficient (Wildman–Crippen LogP) is -21.1. The van der Waals surface area contributed by atoms with Gasteiger partial charge in [0.25, 0.3) is 0 Å². The van der Waals surface area contributed by atoms with Crippen LogP contribution in [0.5, 0.6) is 5.75 Å². The van der Waals surface area contributed by atoms with E-state index in [0.29, 0.717) is 5.75 Å². The maximum absolute atomic E-state index is 13.3. The monoisotopic (exact) mass is 2420 g/mol. The van der Waals surface area contributed by atoms with Crippen molar-refractivity contribution in [1.29, 1.82) is 0 Å². The molecule has 115 heavy (non-hydrogen) atoms. The van der Waals surface area contributed by atoms with E-state index in [1.165, 1.54) is 13.1 Å². The zero-order chi connectivity index (χ0) is 90.0. The van der Waals surface area contributed by atoms with Crippen LogP contribution in [-0.2, 0) is 223 Å². The summed E-state index contributed by atoms with van der Waals surface area (Å²) >= 11 is 0. The molecule has 0 heterocycles. The lowest BCUT2D eigenvalue weighted by Crippen LogP contribution is -2.58. The van der Waals surface area contributed by atoms with Gasteiger partial charge >= 0.3 is 387 Å². The summed E-state index contributed by atoms with van der Waals surface area (Å²) in [6.45, 7) is 6.62. The van der Waals surface area contributed by atoms with E-state index in [1.54, 1.807) is 30.3 Å². The van der Waals surface area contributed by atoms with E-state index in [-0.39, 0.29) is 19.1 Å². The summed E-state index contributed by atoms with van der Waals surface area (Å²) in [6, 6.07) is 6.79. The molecule has 1 aromatic rings. The second-order valence-electron chi connectivity index (χ2n) is 20.8. The summed E-state index contributed by atoms with van der Waals surface area (Å²) in [5.41, 5.74) is 0.783. The fourth-order valence-corrected chi connectivity index (χ4v) is 603. The molecule has 0 fully saturated rings. The Balaban J connectivity index is 3.05. The van der Waals surface area contributed by atoms with Crippen LogP contribution < -0.4 is 4.74 Å². The second-order valence-corrected chi connectivity index (χ2v) is 269. The van der Waals surface area contributed by atoms with Crippen molar-refractivity contribution in [2.75, 3.05) is 6.61 Å². The van der Waals surface area contributed by atoms with Crippen molar-refractivity contribution in [3.05, 3.63) is 36.4 Å². The molecular weight excluding hydrogens is 2400 g/mol. The lowest BCUT2D eigenvalue weighted by atomic mass is 10.2. The minimum Gasteiger partial charge on any atom is -0.494 e. The summed E-state index contributed by atoms with van der Waals surface area (Å²) in [5.74, 6) is 0.449. The molecule has 0 saturated carbocycles. The summed E-state index contributed by atoms with van der Waals surface area (Å²) in [5, 5.41) is 0. The average Bonchev–Trinajstić information content (AvgIpc) is 0.819. The fraction of sp³-hybridized carbons (Fsp3) is 0.385. The van der Waals surface area contributed by atoms with E-state index in [2.05, 4.69) is 6.58 Å². The molecule has 102 heteroatoms. The van der Waals surface area contributed by atoms with Gasteiger partial charge in [-0.15, -0.1) is 0 Å². The summed E-state index contributed by atoms with van der Waals surface area (Å²) < 4.78 is 644. The van der Waals surface area contributed by atoms with Gasteiger partial charge in [0, 0.05) is 0 Å². The molecule has 0 amide bonds. The molecule has 0 aliphatic rings. The Kier molecular flexibility index (Phi) is 49.9. The molecule has 0 bridgehead atoms. The van der Waals surface area contributed by atoms with Crippen molar-refractivity contribution in [3.63, 3.8) is 0 Å². The minimum absolute atomic E-state index is 0.0692. The van der Waals surface area contributed by atoms with E-state index < -0.39 is 395 Å². The van der Waals surface area contributed by atoms with Crippen LogP contribution in [0.15, 0.2) is 30.8 Å². The molecule has 0 aliphatic heterocycles. The number of benzene rings is 1. The van der Waals surface area contributed by atoms with Crippen molar-refractivity contribution < 1.29 is 228 Å². The standard InChI is InChI=1S/C13H19O51Si51/c1-4-12-6-8-13(9-7-12)64-10-5-11-115(2,3)114(63)113(62)112(61)111(60)110(59)109(58)108(57)107(56)106(55)105(54)104(53)103(52)102(51)101(50)100(49)99(48)98(47)97(46)96(45)95(44)94(43)93(42)92(41)91(40)90(39)89(38)88(37)87(36)86(35)85(34)84(33)83(32)82(31)81(30)80(29)79(28)78(27)77(26)76(25)75(24)74(23)73(22)72(21)71(20)70(19)69(18)68(17)67(16)66(15)65-14/h4,6-9H,1,5,10-11H2,2-3H3. The van der Waals surface area contributed by atoms with Crippen molar-refractivity contribution in [3.8, 4) is 5.75 Å². The molecule has 51 nitrogen and oxygen atoms in total. The van der Waals surface area contributed by atoms with Gasteiger partial charge in [-0.25, -0.2) is 0 Å². The Morgan fingerprint density at radius 2 is 0.383 bits per heavy atom. The Labute approximate surface area is 694 Å². The molecule has 0 aliphatic carbocycles. The van der Waals surface area contributed by atoms with Crippen LogP contribution in [0.4, 0.5) is 0 Å². The maximum atomic E-state index is 13.3. The van der Waals surface area contributed by atoms with E-state index >= 15 is 0 Å². The van der Waals surface area contributed by atoms with Gasteiger partial charge < -0.3 is 228 Å². The van der Waals surface area contributed by atoms with Gasteiger partial charge in [0.15, 0.2) is 0 Å². The molecule has 0 atom stereocenters. The molecule has 0 spiro atoms. The molecule has 0 aromatic heterocycles. The SMILES string of the molecule is C=Cc1ccc(OCCC[Si](C)(C)[Si](=O)[Si](=O)[Si](=O)[Si](=O)[Si](=O)[Si](=O)[Si](=O)[Si](=O)[Si](=O)[Si](=O)[Si](=O)[Si](=O)[Si](=O)[Si](=O)[Si](=O)[Si](=O)[Si](=O)[Si](=O)[Si](=O)[Si](=O)[Si](=O)[Si](=O)[Si](=O)[Si](=O)[Si](=O)[Si](=O)[Si](=O)[Si](=O)[Si](=O)[Si](=O)[Si](=O)[Si](=O)[Si](=O)[Si](=O)[Si](=O)[Si](=O)[Si](=O)[Si](=O)[Si](=O)[Si](=O)[Si](=O)[Si](=O)[Si](=O)[Si](=O)[Si](=O)[Si](=O)[Si](=O)[Si](=O)[Si](=O)[Si]=O)cc1. The topological polar surface area (TPSA) is 863 Å². The van der Waals surface area contributed by atoms with E-state index in [1.807, 2.05) is 0 Å². The first-order valence-electron chi connectivity index (χ1n) is 28.1. The largest absolute Gasteiger partial charge is 0.494 e. The molecule has 581 valence electrons. The molecular formula is C13H19O51Si51. The second kappa shape index (κ2) is 50.8. The molecule has 1 aromatic carbocycles. The van der Waals surface area contributed by atoms with E-state index in [0.717, 1.165) is 5.56 Å².